The number of nitrogens with one attached hydrogen (secondary N) is 1. The molecule has 0 saturated heterocycles. The second-order valence-electron chi connectivity index (χ2n) is 3.81. The van der Waals surface area contributed by atoms with Crippen molar-refractivity contribution in [2.75, 3.05) is 0 Å². The summed E-state index contributed by atoms with van der Waals surface area (Å²) in [5, 5.41) is 10.3. The Morgan fingerprint density at radius 3 is 2.94 bits per heavy atom. The molecule has 1 amide bonds. The largest absolute Gasteiger partial charge is 0.426 e. The van der Waals surface area contributed by atoms with Gasteiger partial charge in [0.05, 0.1) is 12.2 Å². The second kappa shape index (κ2) is 5.90. The maximum absolute atomic E-state index is 11.6. The van der Waals surface area contributed by atoms with E-state index in [9.17, 15) is 4.79 Å². The van der Waals surface area contributed by atoms with Gasteiger partial charge in [-0.05, 0) is 12.1 Å². The summed E-state index contributed by atoms with van der Waals surface area (Å²) < 4.78 is 5.18. The van der Waals surface area contributed by atoms with Gasteiger partial charge in [0.1, 0.15) is 0 Å². The zero-order chi connectivity index (χ0) is 12.8. The lowest BCUT2D eigenvalue weighted by Crippen LogP contribution is -2.23. The molecule has 2 aromatic rings. The van der Waals surface area contributed by atoms with Gasteiger partial charge in [-0.25, -0.2) is 0 Å². The van der Waals surface area contributed by atoms with E-state index in [4.69, 9.17) is 4.42 Å². The minimum Gasteiger partial charge on any atom is -0.426 e. The molecule has 0 atom stereocenters. The number of aryl methyl sites for hydroxylation is 2. The third-order valence-electron chi connectivity index (χ3n) is 2.33. The molecule has 0 unspecified atom stereocenters. The van der Waals surface area contributed by atoms with Gasteiger partial charge < -0.3 is 9.73 Å². The molecule has 2 aromatic heterocycles. The number of aromatic nitrogens is 3. The fourth-order valence-electron chi connectivity index (χ4n) is 1.44. The van der Waals surface area contributed by atoms with Crippen LogP contribution in [0.3, 0.4) is 0 Å². The third-order valence-corrected chi connectivity index (χ3v) is 2.33. The van der Waals surface area contributed by atoms with Gasteiger partial charge in [0.15, 0.2) is 0 Å². The van der Waals surface area contributed by atoms with Crippen LogP contribution in [0.2, 0.25) is 0 Å². The SMILES string of the molecule is Cc1nnc(CCC(=O)NCc2ccccn2)o1. The molecule has 0 saturated carbocycles. The Morgan fingerprint density at radius 2 is 2.28 bits per heavy atom. The van der Waals surface area contributed by atoms with Gasteiger partial charge >= 0.3 is 0 Å². The van der Waals surface area contributed by atoms with Gasteiger partial charge in [-0.1, -0.05) is 6.07 Å². The number of carbonyl (C=O) groups excluding carboxylic acids is 1. The van der Waals surface area contributed by atoms with E-state index in [1.165, 1.54) is 0 Å². The van der Waals surface area contributed by atoms with Gasteiger partial charge in [-0.3, -0.25) is 9.78 Å². The average Bonchev–Trinajstić information content (AvgIpc) is 2.81. The quantitative estimate of drug-likeness (QED) is 0.851. The van der Waals surface area contributed by atoms with Crippen LogP contribution in [-0.2, 0) is 17.8 Å². The van der Waals surface area contributed by atoms with Crippen molar-refractivity contribution in [3.63, 3.8) is 0 Å². The fourth-order valence-corrected chi connectivity index (χ4v) is 1.44. The van der Waals surface area contributed by atoms with E-state index in [0.29, 0.717) is 31.2 Å². The van der Waals surface area contributed by atoms with Crippen molar-refractivity contribution in [2.24, 2.45) is 0 Å². The first-order valence-electron chi connectivity index (χ1n) is 5.69. The fraction of sp³-hybridized carbons (Fsp3) is 0.333. The van der Waals surface area contributed by atoms with Gasteiger partial charge in [-0.2, -0.15) is 0 Å². The standard InChI is InChI=1S/C12H14N4O2/c1-9-15-16-12(18-9)6-5-11(17)14-8-10-4-2-3-7-13-10/h2-4,7H,5-6,8H2,1H3,(H,14,17). The molecular formula is C12H14N4O2. The van der Waals surface area contributed by atoms with Crippen molar-refractivity contribution in [1.29, 1.82) is 0 Å². The summed E-state index contributed by atoms with van der Waals surface area (Å²) in [6, 6.07) is 5.58. The first kappa shape index (κ1) is 12.2. The van der Waals surface area contributed by atoms with Gasteiger partial charge in [0.2, 0.25) is 17.7 Å². The van der Waals surface area contributed by atoms with Crippen molar-refractivity contribution in [3.8, 4) is 0 Å². The van der Waals surface area contributed by atoms with Crippen molar-refractivity contribution in [1.82, 2.24) is 20.5 Å². The Labute approximate surface area is 104 Å². The molecule has 0 bridgehead atoms. The number of hydrogen-bond acceptors (Lipinski definition) is 5. The molecule has 1 N–H and O–H groups in total. The number of pyridine rings is 1. The molecule has 18 heavy (non-hydrogen) atoms. The zero-order valence-electron chi connectivity index (χ0n) is 10.1. The van der Waals surface area contributed by atoms with Crippen LogP contribution in [0.4, 0.5) is 0 Å². The maximum Gasteiger partial charge on any atom is 0.220 e. The van der Waals surface area contributed by atoms with Crippen LogP contribution in [0, 0.1) is 6.92 Å². The monoisotopic (exact) mass is 246 g/mol. The number of rotatable bonds is 5. The normalized spacial score (nSPS) is 10.3. The van der Waals surface area contributed by atoms with Crippen LogP contribution < -0.4 is 5.32 Å². The maximum atomic E-state index is 11.6. The molecule has 0 fully saturated rings. The number of amides is 1. The molecule has 2 rings (SSSR count). The molecule has 0 spiro atoms. The van der Waals surface area contributed by atoms with Gasteiger partial charge in [0, 0.05) is 26.0 Å². The van der Waals surface area contributed by atoms with E-state index in [-0.39, 0.29) is 5.91 Å². The minimum absolute atomic E-state index is 0.0588. The molecule has 0 aliphatic rings. The molecular weight excluding hydrogens is 232 g/mol. The lowest BCUT2D eigenvalue weighted by atomic mass is 10.3. The van der Waals surface area contributed by atoms with Crippen molar-refractivity contribution in [3.05, 3.63) is 41.9 Å². The zero-order valence-corrected chi connectivity index (χ0v) is 10.1. The van der Waals surface area contributed by atoms with Crippen LogP contribution in [0.1, 0.15) is 23.9 Å². The lowest BCUT2D eigenvalue weighted by Gasteiger charge is -2.03. The van der Waals surface area contributed by atoms with Crippen molar-refractivity contribution < 1.29 is 9.21 Å². The Bertz CT molecular complexity index is 510. The Kier molecular flexibility index (Phi) is 4.01. The first-order valence-corrected chi connectivity index (χ1v) is 5.69. The number of carbonyl (C=O) groups is 1. The summed E-state index contributed by atoms with van der Waals surface area (Å²) in [4.78, 5) is 15.7. The predicted molar refractivity (Wildman–Crippen MR) is 63.4 cm³/mol. The summed E-state index contributed by atoms with van der Waals surface area (Å²) in [5.41, 5.74) is 0.833. The van der Waals surface area contributed by atoms with E-state index >= 15 is 0 Å². The molecule has 6 nitrogen and oxygen atoms in total. The average molecular weight is 246 g/mol. The Balaban J connectivity index is 1.73. The van der Waals surface area contributed by atoms with E-state index in [0.717, 1.165) is 5.69 Å². The lowest BCUT2D eigenvalue weighted by molar-refractivity contribution is -0.121. The molecule has 0 aliphatic carbocycles. The van der Waals surface area contributed by atoms with E-state index in [1.54, 1.807) is 13.1 Å². The van der Waals surface area contributed by atoms with Crippen molar-refractivity contribution in [2.45, 2.75) is 26.3 Å². The minimum atomic E-state index is -0.0588. The summed E-state index contributed by atoms with van der Waals surface area (Å²) >= 11 is 0. The van der Waals surface area contributed by atoms with Crippen LogP contribution in [0.5, 0.6) is 0 Å². The van der Waals surface area contributed by atoms with Crippen LogP contribution in [0.25, 0.3) is 0 Å². The topological polar surface area (TPSA) is 80.9 Å². The summed E-state index contributed by atoms with van der Waals surface area (Å²) in [6.45, 7) is 2.15. The smallest absolute Gasteiger partial charge is 0.220 e. The first-order chi connectivity index (χ1) is 8.74. The molecule has 6 heteroatoms. The van der Waals surface area contributed by atoms with Crippen LogP contribution in [-0.4, -0.2) is 21.1 Å². The highest BCUT2D eigenvalue weighted by molar-refractivity contribution is 5.75. The Hall–Kier alpha value is -2.24. The molecule has 0 radical (unpaired) electrons. The van der Waals surface area contributed by atoms with E-state index in [2.05, 4.69) is 20.5 Å². The highest BCUT2D eigenvalue weighted by Gasteiger charge is 2.06. The number of hydrogen-bond donors (Lipinski definition) is 1. The van der Waals surface area contributed by atoms with Gasteiger partial charge in [0.25, 0.3) is 0 Å². The van der Waals surface area contributed by atoms with Crippen LogP contribution in [0.15, 0.2) is 28.8 Å². The van der Waals surface area contributed by atoms with E-state index in [1.807, 2.05) is 18.2 Å². The summed E-state index contributed by atoms with van der Waals surface area (Å²) in [6.07, 6.45) is 2.48. The molecule has 0 aromatic carbocycles. The molecule has 0 aliphatic heterocycles. The van der Waals surface area contributed by atoms with E-state index < -0.39 is 0 Å². The highest BCUT2D eigenvalue weighted by Crippen LogP contribution is 2.01. The third kappa shape index (κ3) is 3.65. The second-order valence-corrected chi connectivity index (χ2v) is 3.81. The molecule has 2 heterocycles. The van der Waals surface area contributed by atoms with Crippen LogP contribution >= 0.6 is 0 Å². The highest BCUT2D eigenvalue weighted by atomic mass is 16.4. The summed E-state index contributed by atoms with van der Waals surface area (Å²) in [5.74, 6) is 0.941. The van der Waals surface area contributed by atoms with Gasteiger partial charge in [-0.15, -0.1) is 10.2 Å². The Morgan fingerprint density at radius 1 is 1.39 bits per heavy atom. The number of nitrogens with zero attached hydrogens (tertiary/aromatic N) is 3. The molecule has 94 valence electrons. The summed E-state index contributed by atoms with van der Waals surface area (Å²) in [7, 11) is 0. The predicted octanol–water partition coefficient (Wildman–Crippen LogP) is 1.02. The van der Waals surface area contributed by atoms with Crippen molar-refractivity contribution >= 4 is 5.91 Å².